The Balaban J connectivity index is 1.57. The van der Waals surface area contributed by atoms with Crippen LogP contribution in [0.2, 0.25) is 0 Å². The molecule has 5 heteroatoms. The number of carbonyl (C=O) groups is 1. The Kier molecular flexibility index (Phi) is 5.47. The summed E-state index contributed by atoms with van der Waals surface area (Å²) in [7, 11) is 0. The molecule has 1 aliphatic heterocycles. The zero-order valence-electron chi connectivity index (χ0n) is 17.6. The molecule has 30 heavy (non-hydrogen) atoms. The molecule has 1 saturated carbocycles. The number of thiazole rings is 1. The predicted molar refractivity (Wildman–Crippen MR) is 123 cm³/mol. The van der Waals surface area contributed by atoms with Crippen molar-refractivity contribution in [2.45, 2.75) is 57.9 Å². The quantitative estimate of drug-likeness (QED) is 0.496. The van der Waals surface area contributed by atoms with Crippen LogP contribution in [0, 0.1) is 6.92 Å². The van der Waals surface area contributed by atoms with Crippen LogP contribution in [0.15, 0.2) is 41.8 Å². The average Bonchev–Trinajstić information content (AvgIpc) is 3.54. The molecular formula is C25H29N3OS. The van der Waals surface area contributed by atoms with Crippen molar-refractivity contribution < 1.29 is 4.79 Å². The van der Waals surface area contributed by atoms with Gasteiger partial charge >= 0.3 is 0 Å². The average molecular weight is 420 g/mol. The van der Waals surface area contributed by atoms with Crippen LogP contribution in [0.1, 0.15) is 67.0 Å². The monoisotopic (exact) mass is 419 g/mol. The molecule has 3 heterocycles. The standard InChI is InChI=1S/C25H29N3OS/c1-18-21(25(29)27-14-8-9-15-27)16-23(28(18)20-12-6-3-7-13-20)22-17-30-24(26-22)19-10-4-2-5-11-19/h2,4-5,10-11,16-17,20H,3,6-9,12-15H2,1H3. The maximum Gasteiger partial charge on any atom is 0.255 e. The molecule has 3 aromatic rings. The fraction of sp³-hybridized carbons (Fsp3) is 0.440. The highest BCUT2D eigenvalue weighted by Crippen LogP contribution is 2.38. The second-order valence-corrected chi connectivity index (χ2v) is 9.45. The van der Waals surface area contributed by atoms with E-state index in [1.807, 2.05) is 11.0 Å². The molecule has 1 aromatic carbocycles. The van der Waals surface area contributed by atoms with E-state index in [1.54, 1.807) is 11.3 Å². The molecule has 1 amide bonds. The summed E-state index contributed by atoms with van der Waals surface area (Å²) in [5, 5.41) is 3.19. The minimum absolute atomic E-state index is 0.194. The molecule has 0 N–H and O–H groups in total. The van der Waals surface area contributed by atoms with E-state index < -0.39 is 0 Å². The van der Waals surface area contributed by atoms with Gasteiger partial charge in [-0.25, -0.2) is 4.98 Å². The van der Waals surface area contributed by atoms with Gasteiger partial charge < -0.3 is 9.47 Å². The van der Waals surface area contributed by atoms with Crippen molar-refractivity contribution in [1.82, 2.24) is 14.5 Å². The zero-order valence-corrected chi connectivity index (χ0v) is 18.5. The van der Waals surface area contributed by atoms with Crippen LogP contribution in [0.25, 0.3) is 22.0 Å². The molecule has 0 bridgehead atoms. The molecule has 156 valence electrons. The second-order valence-electron chi connectivity index (χ2n) is 8.59. The Morgan fingerprint density at radius 3 is 2.50 bits per heavy atom. The number of nitrogens with zero attached hydrogens (tertiary/aromatic N) is 3. The first-order chi connectivity index (χ1) is 14.7. The molecule has 0 unspecified atom stereocenters. The number of hydrogen-bond donors (Lipinski definition) is 0. The van der Waals surface area contributed by atoms with Crippen molar-refractivity contribution in [1.29, 1.82) is 0 Å². The number of aromatic nitrogens is 2. The third-order valence-corrected chi connectivity index (χ3v) is 7.53. The maximum absolute atomic E-state index is 13.3. The van der Waals surface area contributed by atoms with Gasteiger partial charge in [0.15, 0.2) is 0 Å². The van der Waals surface area contributed by atoms with E-state index in [2.05, 4.69) is 47.2 Å². The summed E-state index contributed by atoms with van der Waals surface area (Å²) in [6.07, 6.45) is 8.47. The van der Waals surface area contributed by atoms with Gasteiger partial charge in [0.25, 0.3) is 5.91 Å². The van der Waals surface area contributed by atoms with E-state index in [1.165, 1.54) is 32.1 Å². The number of carbonyl (C=O) groups excluding carboxylic acids is 1. The third-order valence-electron chi connectivity index (χ3n) is 6.64. The number of amides is 1. The predicted octanol–water partition coefficient (Wildman–Crippen LogP) is 6.33. The van der Waals surface area contributed by atoms with Crippen LogP contribution in [0.5, 0.6) is 0 Å². The lowest BCUT2D eigenvalue weighted by molar-refractivity contribution is 0.0792. The highest BCUT2D eigenvalue weighted by Gasteiger charge is 2.28. The van der Waals surface area contributed by atoms with Gasteiger partial charge in [0.2, 0.25) is 0 Å². The molecule has 0 atom stereocenters. The fourth-order valence-electron chi connectivity index (χ4n) is 5.04. The van der Waals surface area contributed by atoms with Crippen LogP contribution < -0.4 is 0 Å². The first kappa shape index (κ1) is 19.6. The van der Waals surface area contributed by atoms with Crippen molar-refractivity contribution in [2.24, 2.45) is 0 Å². The van der Waals surface area contributed by atoms with Crippen LogP contribution in [0.4, 0.5) is 0 Å². The van der Waals surface area contributed by atoms with Crippen molar-refractivity contribution in [2.75, 3.05) is 13.1 Å². The SMILES string of the molecule is Cc1c(C(=O)N2CCCC2)cc(-c2csc(-c3ccccc3)n2)n1C1CCCCC1. The Bertz CT molecular complexity index is 1020. The van der Waals surface area contributed by atoms with Gasteiger partial charge in [-0.1, -0.05) is 49.6 Å². The fourth-order valence-corrected chi connectivity index (χ4v) is 5.86. The van der Waals surface area contributed by atoms with Gasteiger partial charge in [-0.3, -0.25) is 4.79 Å². The van der Waals surface area contributed by atoms with E-state index in [-0.39, 0.29) is 5.91 Å². The van der Waals surface area contributed by atoms with E-state index in [0.29, 0.717) is 6.04 Å². The lowest BCUT2D eigenvalue weighted by Crippen LogP contribution is -2.28. The summed E-state index contributed by atoms with van der Waals surface area (Å²) in [4.78, 5) is 20.3. The Labute approximate surface area is 182 Å². The maximum atomic E-state index is 13.3. The van der Waals surface area contributed by atoms with Gasteiger partial charge in [0.1, 0.15) is 5.01 Å². The molecule has 1 saturated heterocycles. The Hall–Kier alpha value is -2.40. The Morgan fingerprint density at radius 1 is 1.03 bits per heavy atom. The summed E-state index contributed by atoms with van der Waals surface area (Å²) in [5.41, 5.74) is 5.23. The number of likely N-dealkylation sites (tertiary alicyclic amines) is 1. The number of hydrogen-bond acceptors (Lipinski definition) is 3. The number of rotatable bonds is 4. The van der Waals surface area contributed by atoms with E-state index >= 15 is 0 Å². The van der Waals surface area contributed by atoms with Crippen LogP contribution >= 0.6 is 11.3 Å². The van der Waals surface area contributed by atoms with E-state index in [9.17, 15) is 4.79 Å². The minimum Gasteiger partial charge on any atom is -0.340 e. The highest BCUT2D eigenvalue weighted by atomic mass is 32.1. The molecule has 2 aromatic heterocycles. The van der Waals surface area contributed by atoms with Crippen LogP contribution in [-0.2, 0) is 0 Å². The second kappa shape index (κ2) is 8.38. The zero-order chi connectivity index (χ0) is 20.5. The largest absolute Gasteiger partial charge is 0.340 e. The molecular weight excluding hydrogens is 390 g/mol. The summed E-state index contributed by atoms with van der Waals surface area (Å²) < 4.78 is 2.44. The first-order valence-electron chi connectivity index (χ1n) is 11.2. The topological polar surface area (TPSA) is 38.1 Å². The van der Waals surface area contributed by atoms with Crippen molar-refractivity contribution in [3.63, 3.8) is 0 Å². The molecule has 2 aliphatic rings. The van der Waals surface area contributed by atoms with Gasteiger partial charge in [0, 0.05) is 35.8 Å². The van der Waals surface area contributed by atoms with Crippen LogP contribution in [-0.4, -0.2) is 33.4 Å². The third kappa shape index (κ3) is 3.60. The lowest BCUT2D eigenvalue weighted by atomic mass is 9.95. The van der Waals surface area contributed by atoms with Crippen molar-refractivity contribution >= 4 is 17.2 Å². The molecule has 0 radical (unpaired) electrons. The summed E-state index contributed by atoms with van der Waals surface area (Å²) >= 11 is 1.68. The van der Waals surface area contributed by atoms with Gasteiger partial charge in [-0.15, -0.1) is 11.3 Å². The normalized spacial score (nSPS) is 17.6. The molecule has 0 spiro atoms. The van der Waals surface area contributed by atoms with Gasteiger partial charge in [-0.05, 0) is 38.7 Å². The minimum atomic E-state index is 0.194. The summed E-state index contributed by atoms with van der Waals surface area (Å²) in [6.45, 7) is 3.90. The molecule has 2 fully saturated rings. The summed E-state index contributed by atoms with van der Waals surface area (Å²) in [6, 6.07) is 12.9. The van der Waals surface area contributed by atoms with Crippen molar-refractivity contribution in [3.8, 4) is 22.0 Å². The van der Waals surface area contributed by atoms with Gasteiger partial charge in [-0.2, -0.15) is 0 Å². The van der Waals surface area contributed by atoms with E-state index in [0.717, 1.165) is 59.1 Å². The molecule has 1 aliphatic carbocycles. The highest BCUT2D eigenvalue weighted by molar-refractivity contribution is 7.13. The van der Waals surface area contributed by atoms with Crippen molar-refractivity contribution in [3.05, 3.63) is 53.0 Å². The van der Waals surface area contributed by atoms with E-state index in [4.69, 9.17) is 4.98 Å². The Morgan fingerprint density at radius 2 is 1.77 bits per heavy atom. The lowest BCUT2D eigenvalue weighted by Gasteiger charge is -2.27. The molecule has 5 rings (SSSR count). The number of benzene rings is 1. The van der Waals surface area contributed by atoms with Crippen LogP contribution in [0.3, 0.4) is 0 Å². The smallest absolute Gasteiger partial charge is 0.255 e. The summed E-state index contributed by atoms with van der Waals surface area (Å²) in [5.74, 6) is 0.194. The first-order valence-corrected chi connectivity index (χ1v) is 12.1. The molecule has 4 nitrogen and oxygen atoms in total. The van der Waals surface area contributed by atoms with Gasteiger partial charge in [0.05, 0.1) is 17.0 Å².